The average molecular weight is 214 g/mol. The molecule has 0 aliphatic carbocycles. The van der Waals surface area contributed by atoms with Gasteiger partial charge in [-0.05, 0) is 44.8 Å². The van der Waals surface area contributed by atoms with E-state index in [1.807, 2.05) is 24.3 Å². The van der Waals surface area contributed by atoms with Crippen LogP contribution in [0.25, 0.3) is 0 Å². The maximum absolute atomic E-state index is 5.75. The van der Waals surface area contributed by atoms with Gasteiger partial charge in [-0.3, -0.25) is 0 Å². The van der Waals surface area contributed by atoms with Gasteiger partial charge in [0.25, 0.3) is 0 Å². The van der Waals surface area contributed by atoms with Gasteiger partial charge in [-0.25, -0.2) is 0 Å². The second kappa shape index (κ2) is 5.89. The number of halogens is 1. The summed E-state index contributed by atoms with van der Waals surface area (Å²) in [6, 6.07) is 7.45. The first-order chi connectivity index (χ1) is 6.68. The van der Waals surface area contributed by atoms with E-state index < -0.39 is 0 Å². The lowest BCUT2D eigenvalue weighted by Gasteiger charge is -2.10. The van der Waals surface area contributed by atoms with Gasteiger partial charge < -0.3 is 9.64 Å². The van der Waals surface area contributed by atoms with Crippen LogP contribution in [0, 0.1) is 0 Å². The monoisotopic (exact) mass is 213 g/mol. The summed E-state index contributed by atoms with van der Waals surface area (Å²) in [5, 5.41) is 0.741. The molecule has 0 atom stereocenters. The van der Waals surface area contributed by atoms with Crippen LogP contribution < -0.4 is 4.74 Å². The van der Waals surface area contributed by atoms with Crippen molar-refractivity contribution in [1.29, 1.82) is 0 Å². The van der Waals surface area contributed by atoms with E-state index in [0.29, 0.717) is 0 Å². The zero-order chi connectivity index (χ0) is 10.4. The molecule has 0 saturated carbocycles. The smallest absolute Gasteiger partial charge is 0.119 e. The molecule has 1 aromatic carbocycles. The Bertz CT molecular complexity index is 258. The minimum atomic E-state index is 0.741. The lowest BCUT2D eigenvalue weighted by molar-refractivity contribution is 0.281. The van der Waals surface area contributed by atoms with E-state index in [1.165, 1.54) is 0 Å². The highest BCUT2D eigenvalue weighted by atomic mass is 35.5. The first-order valence-electron chi connectivity index (χ1n) is 4.71. The first kappa shape index (κ1) is 11.3. The van der Waals surface area contributed by atoms with Crippen LogP contribution in [0.15, 0.2) is 24.3 Å². The van der Waals surface area contributed by atoms with Crippen LogP contribution in [0.3, 0.4) is 0 Å². The normalized spacial score (nSPS) is 10.6. The van der Waals surface area contributed by atoms with Crippen molar-refractivity contribution in [2.45, 2.75) is 6.42 Å². The Morgan fingerprint density at radius 1 is 1.21 bits per heavy atom. The number of benzene rings is 1. The molecule has 0 saturated heterocycles. The van der Waals surface area contributed by atoms with Crippen molar-refractivity contribution in [2.24, 2.45) is 0 Å². The number of ether oxygens (including phenoxy) is 1. The van der Waals surface area contributed by atoms with Gasteiger partial charge in [-0.1, -0.05) is 11.6 Å². The molecule has 0 heterocycles. The summed E-state index contributed by atoms with van der Waals surface area (Å²) in [6.45, 7) is 1.80. The Morgan fingerprint density at radius 2 is 1.86 bits per heavy atom. The maximum atomic E-state index is 5.75. The molecule has 78 valence electrons. The van der Waals surface area contributed by atoms with E-state index >= 15 is 0 Å². The number of hydrogen-bond donors (Lipinski definition) is 0. The molecule has 0 amide bonds. The average Bonchev–Trinajstić information content (AvgIpc) is 2.15. The van der Waals surface area contributed by atoms with E-state index in [-0.39, 0.29) is 0 Å². The second-order valence-corrected chi connectivity index (χ2v) is 3.90. The Hall–Kier alpha value is -0.730. The highest BCUT2D eigenvalue weighted by molar-refractivity contribution is 6.30. The van der Waals surface area contributed by atoms with Crippen LogP contribution >= 0.6 is 11.6 Å². The molecule has 0 bridgehead atoms. The van der Waals surface area contributed by atoms with Crippen molar-refractivity contribution < 1.29 is 4.74 Å². The number of rotatable bonds is 5. The molecule has 14 heavy (non-hydrogen) atoms. The quantitative estimate of drug-likeness (QED) is 0.698. The first-order valence-corrected chi connectivity index (χ1v) is 5.09. The minimum Gasteiger partial charge on any atom is -0.494 e. The summed E-state index contributed by atoms with van der Waals surface area (Å²) in [6.07, 6.45) is 1.04. The highest BCUT2D eigenvalue weighted by Gasteiger charge is 1.94. The van der Waals surface area contributed by atoms with Crippen molar-refractivity contribution in [3.8, 4) is 5.75 Å². The van der Waals surface area contributed by atoms with Crippen molar-refractivity contribution in [3.63, 3.8) is 0 Å². The van der Waals surface area contributed by atoms with E-state index in [0.717, 1.165) is 30.3 Å². The second-order valence-electron chi connectivity index (χ2n) is 3.46. The van der Waals surface area contributed by atoms with Gasteiger partial charge in [0.1, 0.15) is 5.75 Å². The van der Waals surface area contributed by atoms with Crippen molar-refractivity contribution >= 4 is 11.6 Å². The van der Waals surface area contributed by atoms with Gasteiger partial charge in [0.05, 0.1) is 6.61 Å². The zero-order valence-corrected chi connectivity index (χ0v) is 9.42. The zero-order valence-electron chi connectivity index (χ0n) is 8.66. The lowest BCUT2D eigenvalue weighted by atomic mass is 10.3. The molecule has 0 aliphatic heterocycles. The Balaban J connectivity index is 2.21. The van der Waals surface area contributed by atoms with Crippen LogP contribution in [-0.4, -0.2) is 32.1 Å². The van der Waals surface area contributed by atoms with E-state index in [4.69, 9.17) is 16.3 Å². The van der Waals surface area contributed by atoms with Gasteiger partial charge >= 0.3 is 0 Å². The van der Waals surface area contributed by atoms with Crippen molar-refractivity contribution in [1.82, 2.24) is 4.90 Å². The molecule has 0 fully saturated rings. The Morgan fingerprint density at radius 3 is 2.43 bits per heavy atom. The van der Waals surface area contributed by atoms with E-state index in [2.05, 4.69) is 19.0 Å². The number of hydrogen-bond acceptors (Lipinski definition) is 2. The van der Waals surface area contributed by atoms with Gasteiger partial charge in [0.15, 0.2) is 0 Å². The predicted molar refractivity (Wildman–Crippen MR) is 60.1 cm³/mol. The predicted octanol–water partition coefficient (Wildman–Crippen LogP) is 2.67. The van der Waals surface area contributed by atoms with Crippen molar-refractivity contribution in [3.05, 3.63) is 29.3 Å². The van der Waals surface area contributed by atoms with E-state index in [1.54, 1.807) is 0 Å². The van der Waals surface area contributed by atoms with Gasteiger partial charge in [-0.15, -0.1) is 0 Å². The van der Waals surface area contributed by atoms with Gasteiger partial charge in [0, 0.05) is 11.6 Å². The molecule has 3 heteroatoms. The molecule has 1 aromatic rings. The molecule has 0 N–H and O–H groups in total. The Labute approximate surface area is 90.4 Å². The SMILES string of the molecule is CN(C)CCCOc1ccc(Cl)cc1. The fraction of sp³-hybridized carbons (Fsp3) is 0.455. The lowest BCUT2D eigenvalue weighted by Crippen LogP contribution is -2.15. The largest absolute Gasteiger partial charge is 0.494 e. The molecule has 2 nitrogen and oxygen atoms in total. The maximum Gasteiger partial charge on any atom is 0.119 e. The molecular formula is C11H16ClNO. The fourth-order valence-corrected chi connectivity index (χ4v) is 1.23. The summed E-state index contributed by atoms with van der Waals surface area (Å²) >= 11 is 5.75. The van der Waals surface area contributed by atoms with Crippen LogP contribution in [-0.2, 0) is 0 Å². The van der Waals surface area contributed by atoms with Crippen LogP contribution in [0.1, 0.15) is 6.42 Å². The minimum absolute atomic E-state index is 0.741. The van der Waals surface area contributed by atoms with Crippen LogP contribution in [0.2, 0.25) is 5.02 Å². The number of nitrogens with zero attached hydrogens (tertiary/aromatic N) is 1. The third kappa shape index (κ3) is 4.49. The molecule has 0 aromatic heterocycles. The third-order valence-electron chi connectivity index (χ3n) is 1.83. The van der Waals surface area contributed by atoms with Crippen LogP contribution in [0.5, 0.6) is 5.75 Å². The molecule has 0 radical (unpaired) electrons. The van der Waals surface area contributed by atoms with Crippen LogP contribution in [0.4, 0.5) is 0 Å². The summed E-state index contributed by atoms with van der Waals surface area (Å²) in [5.41, 5.74) is 0. The molecule has 1 rings (SSSR count). The van der Waals surface area contributed by atoms with Crippen molar-refractivity contribution in [2.75, 3.05) is 27.2 Å². The summed E-state index contributed by atoms with van der Waals surface area (Å²) in [7, 11) is 4.12. The molecule has 0 aliphatic rings. The highest BCUT2D eigenvalue weighted by Crippen LogP contribution is 2.15. The molecular weight excluding hydrogens is 198 g/mol. The summed E-state index contributed by atoms with van der Waals surface area (Å²) < 4.78 is 5.53. The summed E-state index contributed by atoms with van der Waals surface area (Å²) in [5.74, 6) is 0.883. The molecule has 0 unspecified atom stereocenters. The third-order valence-corrected chi connectivity index (χ3v) is 2.08. The standard InChI is InChI=1S/C11H16ClNO/c1-13(2)8-3-9-14-11-6-4-10(12)5-7-11/h4-7H,3,8-9H2,1-2H3. The van der Waals surface area contributed by atoms with Gasteiger partial charge in [-0.2, -0.15) is 0 Å². The Kier molecular flexibility index (Phi) is 4.77. The summed E-state index contributed by atoms with van der Waals surface area (Å²) in [4.78, 5) is 2.14. The fourth-order valence-electron chi connectivity index (χ4n) is 1.10. The van der Waals surface area contributed by atoms with E-state index in [9.17, 15) is 0 Å². The topological polar surface area (TPSA) is 12.5 Å². The van der Waals surface area contributed by atoms with Gasteiger partial charge in [0.2, 0.25) is 0 Å². The molecule has 0 spiro atoms.